The lowest BCUT2D eigenvalue weighted by atomic mass is 10.1. The number of benzene rings is 1. The minimum atomic E-state index is -0.0903. The van der Waals surface area contributed by atoms with Gasteiger partial charge in [-0.25, -0.2) is 0 Å². The Labute approximate surface area is 140 Å². The molecule has 1 atom stereocenters. The molecule has 1 aromatic heterocycles. The molecule has 0 unspecified atom stereocenters. The molecule has 126 valence electrons. The van der Waals surface area contributed by atoms with Crippen LogP contribution in [0, 0.1) is 0 Å². The summed E-state index contributed by atoms with van der Waals surface area (Å²) in [5, 5.41) is 6.69. The smallest absolute Gasteiger partial charge is 0.226 e. The van der Waals surface area contributed by atoms with Crippen LogP contribution in [0.4, 0.5) is 0 Å². The highest BCUT2D eigenvalue weighted by molar-refractivity contribution is 5.79. The van der Waals surface area contributed by atoms with E-state index in [4.69, 9.17) is 4.52 Å². The van der Waals surface area contributed by atoms with Crippen LogP contribution >= 0.6 is 0 Å². The molecule has 2 heterocycles. The number of aryl methyl sites for hydroxylation is 1. The summed E-state index contributed by atoms with van der Waals surface area (Å²) < 4.78 is 4.71. The Kier molecular flexibility index (Phi) is 5.25. The lowest BCUT2D eigenvalue weighted by molar-refractivity contribution is -0.130. The number of hydrogen-bond acceptors (Lipinski definition) is 4. The first-order valence-electron chi connectivity index (χ1n) is 8.21. The van der Waals surface area contributed by atoms with Crippen molar-refractivity contribution in [2.24, 2.45) is 0 Å². The highest BCUT2D eigenvalue weighted by Gasteiger charge is 2.27. The molecule has 1 aromatic carbocycles. The topological polar surface area (TPSA) is 75.4 Å². The zero-order valence-electron chi connectivity index (χ0n) is 13.5. The largest absolute Gasteiger partial charge is 0.364 e. The van der Waals surface area contributed by atoms with E-state index in [1.165, 1.54) is 11.8 Å². The standard InChI is InChI=1S/C18H21N3O3/c22-17(12-15-9-11-24-20-15)19-16-8-10-21(13-16)18(23)7-6-14-4-2-1-3-5-14/h1-5,9,11,16H,6-8,10,12-13H2,(H,19,22)/t16-/m1/s1. The summed E-state index contributed by atoms with van der Waals surface area (Å²) in [4.78, 5) is 26.1. The second-order valence-electron chi connectivity index (χ2n) is 6.05. The molecule has 2 amide bonds. The normalized spacial score (nSPS) is 17.0. The quantitative estimate of drug-likeness (QED) is 0.874. The summed E-state index contributed by atoms with van der Waals surface area (Å²) >= 11 is 0. The van der Waals surface area contributed by atoms with Crippen LogP contribution in [0.3, 0.4) is 0 Å². The first kappa shape index (κ1) is 16.2. The minimum Gasteiger partial charge on any atom is -0.364 e. The summed E-state index contributed by atoms with van der Waals surface area (Å²) in [6, 6.07) is 11.7. The predicted octanol–water partition coefficient (Wildman–Crippen LogP) is 1.57. The van der Waals surface area contributed by atoms with Crippen molar-refractivity contribution in [2.75, 3.05) is 13.1 Å². The van der Waals surface area contributed by atoms with Crippen molar-refractivity contribution in [3.8, 4) is 0 Å². The molecule has 0 bridgehead atoms. The van der Waals surface area contributed by atoms with Crippen molar-refractivity contribution in [3.63, 3.8) is 0 Å². The molecular weight excluding hydrogens is 306 g/mol. The molecule has 1 fully saturated rings. The van der Waals surface area contributed by atoms with Crippen molar-refractivity contribution in [2.45, 2.75) is 31.7 Å². The fourth-order valence-corrected chi connectivity index (χ4v) is 2.93. The number of nitrogens with one attached hydrogen (secondary N) is 1. The maximum absolute atomic E-state index is 12.3. The lowest BCUT2D eigenvalue weighted by Crippen LogP contribution is -2.39. The van der Waals surface area contributed by atoms with Gasteiger partial charge in [-0.3, -0.25) is 9.59 Å². The number of aromatic nitrogens is 1. The fourth-order valence-electron chi connectivity index (χ4n) is 2.93. The molecule has 1 saturated heterocycles. The van der Waals surface area contributed by atoms with Gasteiger partial charge in [0.2, 0.25) is 11.8 Å². The van der Waals surface area contributed by atoms with E-state index in [9.17, 15) is 9.59 Å². The van der Waals surface area contributed by atoms with Gasteiger partial charge in [0.1, 0.15) is 6.26 Å². The molecular formula is C18H21N3O3. The van der Waals surface area contributed by atoms with Gasteiger partial charge in [-0.05, 0) is 18.4 Å². The maximum Gasteiger partial charge on any atom is 0.226 e. The van der Waals surface area contributed by atoms with Crippen LogP contribution in [0.15, 0.2) is 47.2 Å². The molecule has 6 heteroatoms. The molecule has 3 rings (SSSR count). The van der Waals surface area contributed by atoms with Gasteiger partial charge in [0.05, 0.1) is 12.1 Å². The van der Waals surface area contributed by atoms with Gasteiger partial charge in [-0.1, -0.05) is 35.5 Å². The van der Waals surface area contributed by atoms with Crippen LogP contribution in [0.1, 0.15) is 24.1 Å². The van der Waals surface area contributed by atoms with Crippen molar-refractivity contribution in [1.82, 2.24) is 15.4 Å². The zero-order chi connectivity index (χ0) is 16.8. The van der Waals surface area contributed by atoms with E-state index in [1.807, 2.05) is 35.2 Å². The molecule has 6 nitrogen and oxygen atoms in total. The second kappa shape index (κ2) is 7.77. The number of likely N-dealkylation sites (tertiary alicyclic amines) is 1. The maximum atomic E-state index is 12.3. The highest BCUT2D eigenvalue weighted by atomic mass is 16.5. The van der Waals surface area contributed by atoms with Gasteiger partial charge in [-0.15, -0.1) is 0 Å². The van der Waals surface area contributed by atoms with Gasteiger partial charge in [0, 0.05) is 31.6 Å². The van der Waals surface area contributed by atoms with E-state index < -0.39 is 0 Å². The van der Waals surface area contributed by atoms with E-state index in [0.717, 1.165) is 12.8 Å². The predicted molar refractivity (Wildman–Crippen MR) is 88.1 cm³/mol. The lowest BCUT2D eigenvalue weighted by Gasteiger charge is -2.17. The number of carbonyl (C=O) groups is 2. The number of amides is 2. The van der Waals surface area contributed by atoms with Crippen LogP contribution in [0.25, 0.3) is 0 Å². The monoisotopic (exact) mass is 327 g/mol. The number of carbonyl (C=O) groups excluding carboxylic acids is 2. The molecule has 1 N–H and O–H groups in total. The third-order valence-corrected chi connectivity index (χ3v) is 4.21. The second-order valence-corrected chi connectivity index (χ2v) is 6.05. The van der Waals surface area contributed by atoms with E-state index >= 15 is 0 Å². The summed E-state index contributed by atoms with van der Waals surface area (Å²) in [6.07, 6.45) is 3.70. The first-order chi connectivity index (χ1) is 11.7. The Hall–Kier alpha value is -2.63. The molecule has 0 radical (unpaired) electrons. The Morgan fingerprint density at radius 2 is 2.08 bits per heavy atom. The molecule has 24 heavy (non-hydrogen) atoms. The molecule has 2 aromatic rings. The van der Waals surface area contributed by atoms with Gasteiger partial charge < -0.3 is 14.7 Å². The average molecular weight is 327 g/mol. The molecule has 1 aliphatic rings. The van der Waals surface area contributed by atoms with Crippen molar-refractivity contribution in [3.05, 3.63) is 53.9 Å². The summed E-state index contributed by atoms with van der Waals surface area (Å²) in [5.74, 6) is 0.0552. The first-order valence-corrected chi connectivity index (χ1v) is 8.21. The van der Waals surface area contributed by atoms with Gasteiger partial charge in [-0.2, -0.15) is 0 Å². The summed E-state index contributed by atoms with van der Waals surface area (Å²) in [5.41, 5.74) is 1.78. The average Bonchev–Trinajstić information content (AvgIpc) is 3.25. The van der Waals surface area contributed by atoms with Crippen molar-refractivity contribution >= 4 is 11.8 Å². The zero-order valence-corrected chi connectivity index (χ0v) is 13.5. The summed E-state index contributed by atoms with van der Waals surface area (Å²) in [7, 11) is 0. The Balaban J connectivity index is 1.41. The van der Waals surface area contributed by atoms with Gasteiger partial charge in [0.15, 0.2) is 0 Å². The molecule has 0 aliphatic carbocycles. The van der Waals surface area contributed by atoms with E-state index in [0.29, 0.717) is 25.2 Å². The Morgan fingerprint density at radius 1 is 1.25 bits per heavy atom. The van der Waals surface area contributed by atoms with Crippen LogP contribution in [0.5, 0.6) is 0 Å². The highest BCUT2D eigenvalue weighted by Crippen LogP contribution is 2.13. The van der Waals surface area contributed by atoms with E-state index in [2.05, 4.69) is 10.5 Å². The molecule has 0 saturated carbocycles. The number of rotatable bonds is 6. The van der Waals surface area contributed by atoms with Crippen LogP contribution < -0.4 is 5.32 Å². The van der Waals surface area contributed by atoms with Crippen molar-refractivity contribution in [1.29, 1.82) is 0 Å². The number of hydrogen-bond donors (Lipinski definition) is 1. The van der Waals surface area contributed by atoms with Crippen LogP contribution in [0.2, 0.25) is 0 Å². The third-order valence-electron chi connectivity index (χ3n) is 4.21. The molecule has 1 aliphatic heterocycles. The van der Waals surface area contributed by atoms with Gasteiger partial charge >= 0.3 is 0 Å². The van der Waals surface area contributed by atoms with Crippen molar-refractivity contribution < 1.29 is 14.1 Å². The van der Waals surface area contributed by atoms with Crippen LogP contribution in [-0.4, -0.2) is 41.0 Å². The van der Waals surface area contributed by atoms with Gasteiger partial charge in [0.25, 0.3) is 0 Å². The fraction of sp³-hybridized carbons (Fsp3) is 0.389. The summed E-state index contributed by atoms with van der Waals surface area (Å²) in [6.45, 7) is 1.28. The third kappa shape index (κ3) is 4.44. The Morgan fingerprint density at radius 3 is 2.83 bits per heavy atom. The Bertz CT molecular complexity index is 670. The SMILES string of the molecule is O=C(Cc1ccon1)N[C@@H]1CCN(C(=O)CCc2ccccc2)C1. The van der Waals surface area contributed by atoms with E-state index in [1.54, 1.807) is 6.07 Å². The van der Waals surface area contributed by atoms with E-state index in [-0.39, 0.29) is 24.3 Å². The minimum absolute atomic E-state index is 0.0186. The number of nitrogens with zero attached hydrogens (tertiary/aromatic N) is 2. The van der Waals surface area contributed by atoms with Crippen LogP contribution in [-0.2, 0) is 22.4 Å². The molecule has 0 spiro atoms.